The lowest BCUT2D eigenvalue weighted by Gasteiger charge is -2.52. The van der Waals surface area contributed by atoms with Gasteiger partial charge in [-0.25, -0.2) is 0 Å². The van der Waals surface area contributed by atoms with Crippen molar-refractivity contribution in [3.8, 4) is 24.0 Å². The van der Waals surface area contributed by atoms with Gasteiger partial charge < -0.3 is 14.2 Å². The van der Waals surface area contributed by atoms with Crippen LogP contribution < -0.4 is 4.74 Å². The summed E-state index contributed by atoms with van der Waals surface area (Å²) in [6.45, 7) is 2.05. The Morgan fingerprint density at radius 3 is 2.36 bits per heavy atom. The summed E-state index contributed by atoms with van der Waals surface area (Å²) < 4.78 is 53.7. The molecule has 0 spiro atoms. The van der Waals surface area contributed by atoms with E-state index in [9.17, 15) is 29.0 Å². The maximum Gasteiger partial charge on any atom is 0.573 e. The molecule has 33 heavy (non-hydrogen) atoms. The Morgan fingerprint density at radius 2 is 1.82 bits per heavy atom. The minimum absolute atomic E-state index is 0.221. The summed E-state index contributed by atoms with van der Waals surface area (Å²) in [5.74, 6) is -2.73. The maximum atomic E-state index is 12.5. The van der Waals surface area contributed by atoms with Gasteiger partial charge in [0.05, 0.1) is 24.1 Å². The van der Waals surface area contributed by atoms with Gasteiger partial charge in [-0.15, -0.1) is 13.2 Å². The lowest BCUT2D eigenvalue weighted by atomic mass is 9.50. The summed E-state index contributed by atoms with van der Waals surface area (Å²) in [6.07, 6.45) is -2.77. The molecule has 0 aromatic heterocycles. The van der Waals surface area contributed by atoms with Gasteiger partial charge in [0.25, 0.3) is 0 Å². The predicted molar refractivity (Wildman–Crippen MR) is 106 cm³/mol. The Kier molecular flexibility index (Phi) is 5.30. The number of nitrogens with zero attached hydrogens (tertiary/aromatic N) is 3. The fraction of sp³-hybridized carbons (Fsp3) is 0.565. The number of hydrogen-bond donors (Lipinski definition) is 1. The molecular weight excluding hydrogens is 437 g/mol. The van der Waals surface area contributed by atoms with Crippen LogP contribution in [-0.2, 0) is 9.47 Å². The van der Waals surface area contributed by atoms with E-state index >= 15 is 0 Å². The Hall–Kier alpha value is -3.29. The highest BCUT2D eigenvalue weighted by molar-refractivity contribution is 5.89. The third-order valence-corrected chi connectivity index (χ3v) is 7.13. The number of nitrogens with one attached hydrogen (secondary N) is 1. The minimum atomic E-state index is -4.87. The topological polar surface area (TPSA) is 123 Å². The first-order valence-electron chi connectivity index (χ1n) is 10.7. The van der Waals surface area contributed by atoms with E-state index in [4.69, 9.17) is 14.9 Å². The average Bonchev–Trinajstić information content (AvgIpc) is 2.97. The molecule has 10 heteroatoms. The molecule has 1 aromatic carbocycles. The van der Waals surface area contributed by atoms with Crippen molar-refractivity contribution in [1.29, 1.82) is 21.2 Å². The normalized spacial score (nSPS) is 34.2. The van der Waals surface area contributed by atoms with Crippen LogP contribution in [0.5, 0.6) is 5.75 Å². The highest BCUT2D eigenvalue weighted by Crippen LogP contribution is 2.70. The monoisotopic (exact) mass is 458 g/mol. The van der Waals surface area contributed by atoms with Gasteiger partial charge in [0.2, 0.25) is 17.1 Å². The van der Waals surface area contributed by atoms with Gasteiger partial charge in [0.1, 0.15) is 11.9 Å². The highest BCUT2D eigenvalue weighted by Gasteiger charge is 2.80. The first kappa shape index (κ1) is 22.9. The molecule has 2 bridgehead atoms. The molecule has 0 radical (unpaired) electrons. The number of hydrogen-bond acceptors (Lipinski definition) is 7. The zero-order valence-electron chi connectivity index (χ0n) is 17.8. The first-order chi connectivity index (χ1) is 15.6. The molecule has 5 atom stereocenters. The quantitative estimate of drug-likeness (QED) is 0.668. The number of rotatable bonds is 4. The fourth-order valence-corrected chi connectivity index (χ4v) is 5.73. The average molecular weight is 458 g/mol. The molecule has 5 unspecified atom stereocenters. The van der Waals surface area contributed by atoms with Crippen LogP contribution in [-0.4, -0.2) is 18.0 Å². The van der Waals surface area contributed by atoms with E-state index in [0.29, 0.717) is 12.8 Å². The van der Waals surface area contributed by atoms with Gasteiger partial charge in [0, 0.05) is 6.42 Å². The van der Waals surface area contributed by atoms with E-state index in [1.165, 1.54) is 12.1 Å². The van der Waals surface area contributed by atoms with Gasteiger partial charge in [-0.1, -0.05) is 31.9 Å². The van der Waals surface area contributed by atoms with Gasteiger partial charge in [0.15, 0.2) is 5.41 Å². The molecule has 2 saturated heterocycles. The van der Waals surface area contributed by atoms with Crippen molar-refractivity contribution in [3.05, 3.63) is 29.8 Å². The Morgan fingerprint density at radius 1 is 1.15 bits per heavy atom. The summed E-state index contributed by atoms with van der Waals surface area (Å²) in [7, 11) is 0. The van der Waals surface area contributed by atoms with Crippen LogP contribution in [0.4, 0.5) is 13.2 Å². The largest absolute Gasteiger partial charge is 0.573 e. The van der Waals surface area contributed by atoms with E-state index in [2.05, 4.69) is 10.8 Å². The summed E-state index contributed by atoms with van der Waals surface area (Å²) >= 11 is 0. The summed E-state index contributed by atoms with van der Waals surface area (Å²) in [6, 6.07) is 10.7. The number of benzene rings is 1. The maximum absolute atomic E-state index is 12.5. The van der Waals surface area contributed by atoms with Crippen LogP contribution in [0, 0.1) is 62.1 Å². The van der Waals surface area contributed by atoms with Crippen molar-refractivity contribution in [2.45, 2.75) is 57.3 Å². The second kappa shape index (κ2) is 7.64. The Balaban J connectivity index is 1.82. The molecule has 1 aliphatic carbocycles. The summed E-state index contributed by atoms with van der Waals surface area (Å²) in [5.41, 5.74) is -3.78. The molecular formula is C23H21F3N4O3. The number of nitriles is 3. The third kappa shape index (κ3) is 3.14. The molecule has 4 rings (SSSR count). The van der Waals surface area contributed by atoms with E-state index in [1.54, 1.807) is 0 Å². The van der Waals surface area contributed by atoms with Crippen LogP contribution >= 0.6 is 0 Å². The standard InChI is InChI=1S/C23H21F3N4O3/c1-2-3-14-8-9-22-17(10-14)21(13-29,19(30)33-22)20(11-27,12-28)18(32-22)15-4-6-16(7-5-15)31-23(24,25)26/h4-7,14,17-18,30H,2-3,8-10H2,1H3. The highest BCUT2D eigenvalue weighted by atomic mass is 19.4. The van der Waals surface area contributed by atoms with Gasteiger partial charge in [-0.2, -0.15) is 15.8 Å². The number of alkyl halides is 3. The molecule has 2 heterocycles. The van der Waals surface area contributed by atoms with E-state index in [-0.39, 0.29) is 11.5 Å². The van der Waals surface area contributed by atoms with Crippen LogP contribution in [0.3, 0.4) is 0 Å². The first-order valence-corrected chi connectivity index (χ1v) is 10.7. The lowest BCUT2D eigenvalue weighted by Crippen LogP contribution is -2.61. The molecule has 1 N–H and O–H groups in total. The zero-order valence-corrected chi connectivity index (χ0v) is 17.8. The third-order valence-electron chi connectivity index (χ3n) is 7.13. The molecule has 3 aliphatic rings. The summed E-state index contributed by atoms with van der Waals surface area (Å²) in [4.78, 5) is 0. The van der Waals surface area contributed by atoms with Crippen molar-refractivity contribution >= 4 is 5.90 Å². The van der Waals surface area contributed by atoms with E-state index in [0.717, 1.165) is 31.4 Å². The Bertz CT molecular complexity index is 1070. The van der Waals surface area contributed by atoms with E-state index < -0.39 is 46.6 Å². The van der Waals surface area contributed by atoms with Crippen molar-refractivity contribution in [1.82, 2.24) is 0 Å². The van der Waals surface area contributed by atoms with Crippen molar-refractivity contribution in [2.75, 3.05) is 0 Å². The van der Waals surface area contributed by atoms with Crippen LogP contribution in [0.15, 0.2) is 24.3 Å². The van der Waals surface area contributed by atoms with Crippen molar-refractivity contribution in [3.63, 3.8) is 0 Å². The van der Waals surface area contributed by atoms with Crippen molar-refractivity contribution in [2.24, 2.45) is 22.7 Å². The van der Waals surface area contributed by atoms with Crippen LogP contribution in [0.1, 0.15) is 50.7 Å². The minimum Gasteiger partial charge on any atom is -0.447 e. The van der Waals surface area contributed by atoms with Gasteiger partial charge in [-0.05, 0) is 36.5 Å². The number of ether oxygens (including phenoxy) is 3. The molecule has 3 fully saturated rings. The molecule has 2 aliphatic heterocycles. The predicted octanol–water partition coefficient (Wildman–Crippen LogP) is 5.12. The molecule has 1 saturated carbocycles. The van der Waals surface area contributed by atoms with Crippen molar-refractivity contribution < 1.29 is 27.4 Å². The molecule has 172 valence electrons. The SMILES string of the molecule is CCCC1CCC23OC(=N)C(C#N)(C2C1)C(C#N)(C#N)C(c1ccc(OC(F)(F)F)cc1)O3. The molecule has 0 amide bonds. The van der Waals surface area contributed by atoms with Crippen LogP contribution in [0.25, 0.3) is 0 Å². The lowest BCUT2D eigenvalue weighted by molar-refractivity contribution is -0.299. The second-order valence-electron chi connectivity index (χ2n) is 8.79. The van der Waals surface area contributed by atoms with Gasteiger partial charge >= 0.3 is 6.36 Å². The molecule has 7 nitrogen and oxygen atoms in total. The Labute approximate surface area is 188 Å². The van der Waals surface area contributed by atoms with Gasteiger partial charge in [-0.3, -0.25) is 5.41 Å². The smallest absolute Gasteiger partial charge is 0.447 e. The zero-order chi connectivity index (χ0) is 24.1. The number of halogens is 3. The molecule has 1 aromatic rings. The van der Waals surface area contributed by atoms with Crippen LogP contribution in [0.2, 0.25) is 0 Å². The second-order valence-corrected chi connectivity index (χ2v) is 8.79. The summed E-state index contributed by atoms with van der Waals surface area (Å²) in [5, 5.41) is 39.4. The fourth-order valence-electron chi connectivity index (χ4n) is 5.73. The van der Waals surface area contributed by atoms with E-state index in [1.807, 2.05) is 19.1 Å².